The molecule has 1 atom stereocenters. The van der Waals surface area contributed by atoms with Crippen LogP contribution >= 0.6 is 0 Å². The van der Waals surface area contributed by atoms with Crippen LogP contribution in [-0.2, 0) is 32.1 Å². The standard InChI is InChI=1S/C30H35N5O7/c1-5-18(4)32-25(37)17-35-16-10-12-22(30(35)41)34-27(38)21(14-15-23(36)28(39)31-7-3)33-29(40)26-19(6-2)20-11-8-9-13-24(20)42-26/h8-13,16,21H,4-7,14-15,17H2,1-3H3,(H,31,39)(H,32,37)(H,33,40)(H,34,38). The number of rotatable bonds is 14. The van der Waals surface area contributed by atoms with Crippen molar-refractivity contribution in [2.75, 3.05) is 11.9 Å². The van der Waals surface area contributed by atoms with Gasteiger partial charge in [0.1, 0.15) is 23.9 Å². The minimum absolute atomic E-state index is 0.0216. The van der Waals surface area contributed by atoms with Crippen molar-refractivity contribution >= 4 is 46.1 Å². The number of aryl methyl sites for hydroxylation is 1. The number of aromatic nitrogens is 1. The van der Waals surface area contributed by atoms with Crippen molar-refractivity contribution < 1.29 is 28.4 Å². The van der Waals surface area contributed by atoms with E-state index in [4.69, 9.17) is 4.42 Å². The van der Waals surface area contributed by atoms with Crippen LogP contribution in [0.1, 0.15) is 56.2 Å². The average Bonchev–Trinajstić information content (AvgIpc) is 3.35. The zero-order valence-electron chi connectivity index (χ0n) is 23.9. The number of nitrogens with one attached hydrogen (secondary N) is 4. The number of nitrogens with zero attached hydrogens (tertiary/aromatic N) is 1. The fourth-order valence-electron chi connectivity index (χ4n) is 4.23. The monoisotopic (exact) mass is 577 g/mol. The Morgan fingerprint density at radius 2 is 1.76 bits per heavy atom. The Morgan fingerprint density at radius 1 is 1.02 bits per heavy atom. The van der Waals surface area contributed by atoms with Gasteiger partial charge in [-0.1, -0.05) is 38.6 Å². The maximum absolute atomic E-state index is 13.4. The molecule has 12 nitrogen and oxygen atoms in total. The van der Waals surface area contributed by atoms with Crippen LogP contribution in [0.25, 0.3) is 11.0 Å². The van der Waals surface area contributed by atoms with E-state index >= 15 is 0 Å². The summed E-state index contributed by atoms with van der Waals surface area (Å²) in [5.74, 6) is -3.48. The van der Waals surface area contributed by atoms with E-state index in [0.717, 1.165) is 9.95 Å². The number of amides is 4. The molecule has 0 aliphatic carbocycles. The van der Waals surface area contributed by atoms with Crippen molar-refractivity contribution in [2.45, 2.75) is 59.0 Å². The Hall–Kier alpha value is -5.00. The van der Waals surface area contributed by atoms with Gasteiger partial charge >= 0.3 is 0 Å². The Balaban J connectivity index is 1.84. The second kappa shape index (κ2) is 14.6. The average molecular weight is 578 g/mol. The quantitative estimate of drug-likeness (QED) is 0.213. The van der Waals surface area contributed by atoms with Crippen LogP contribution in [0, 0.1) is 0 Å². The number of furan rings is 1. The van der Waals surface area contributed by atoms with Crippen LogP contribution in [0.15, 0.2) is 64.1 Å². The van der Waals surface area contributed by atoms with Gasteiger partial charge in [-0.15, -0.1) is 0 Å². The van der Waals surface area contributed by atoms with Crippen molar-refractivity contribution in [3.63, 3.8) is 0 Å². The number of benzene rings is 1. The summed E-state index contributed by atoms with van der Waals surface area (Å²) in [7, 11) is 0. The minimum Gasteiger partial charge on any atom is -0.451 e. The molecule has 0 spiro atoms. The Kier molecular flexibility index (Phi) is 10.9. The maximum Gasteiger partial charge on any atom is 0.287 e. The predicted octanol–water partition coefficient (Wildman–Crippen LogP) is 2.42. The van der Waals surface area contributed by atoms with Crippen molar-refractivity contribution in [2.24, 2.45) is 0 Å². The topological polar surface area (TPSA) is 169 Å². The molecule has 4 N–H and O–H groups in total. The first-order valence-corrected chi connectivity index (χ1v) is 13.7. The first-order valence-electron chi connectivity index (χ1n) is 13.7. The number of hydrogen-bond donors (Lipinski definition) is 4. The molecule has 2 aromatic heterocycles. The molecule has 0 saturated heterocycles. The number of fused-ring (bicyclic) bond motifs is 1. The molecule has 0 aliphatic rings. The molecule has 2 heterocycles. The zero-order chi connectivity index (χ0) is 30.8. The third kappa shape index (κ3) is 7.80. The number of carbonyl (C=O) groups is 5. The molecule has 3 rings (SSSR count). The van der Waals surface area contributed by atoms with Crippen molar-refractivity contribution in [1.29, 1.82) is 0 Å². The van der Waals surface area contributed by atoms with Crippen LogP contribution in [0.3, 0.4) is 0 Å². The van der Waals surface area contributed by atoms with Gasteiger partial charge in [0.25, 0.3) is 17.4 Å². The van der Waals surface area contributed by atoms with E-state index in [9.17, 15) is 28.8 Å². The van der Waals surface area contributed by atoms with Crippen LogP contribution in [0.5, 0.6) is 0 Å². The Morgan fingerprint density at radius 3 is 2.45 bits per heavy atom. The van der Waals surface area contributed by atoms with E-state index in [-0.39, 0.29) is 37.4 Å². The van der Waals surface area contributed by atoms with Crippen molar-refractivity contribution in [3.05, 3.63) is 76.5 Å². The van der Waals surface area contributed by atoms with E-state index in [1.54, 1.807) is 19.1 Å². The van der Waals surface area contributed by atoms with Gasteiger partial charge in [-0.2, -0.15) is 0 Å². The molecule has 42 heavy (non-hydrogen) atoms. The van der Waals surface area contributed by atoms with Crippen molar-refractivity contribution in [3.8, 4) is 0 Å². The number of ketones is 1. The van der Waals surface area contributed by atoms with Crippen LogP contribution < -0.4 is 26.8 Å². The highest BCUT2D eigenvalue weighted by atomic mass is 16.3. The number of anilines is 1. The molecular weight excluding hydrogens is 542 g/mol. The minimum atomic E-state index is -1.31. The molecule has 0 fully saturated rings. The molecule has 222 valence electrons. The van der Waals surface area contributed by atoms with Gasteiger partial charge in [0.05, 0.1) is 0 Å². The zero-order valence-corrected chi connectivity index (χ0v) is 23.9. The number of pyridine rings is 1. The number of Topliss-reactive ketones (excluding diaryl/α,β-unsaturated/α-hetero) is 1. The SMILES string of the molecule is C=C(CC)NC(=O)Cn1cccc(NC(=O)C(CCC(=O)C(=O)NCC)NC(=O)c2oc3ccccc3c2CC)c1=O. The summed E-state index contributed by atoms with van der Waals surface area (Å²) in [4.78, 5) is 76.2. The highest BCUT2D eigenvalue weighted by Gasteiger charge is 2.28. The second-order valence-electron chi connectivity index (χ2n) is 9.46. The first-order chi connectivity index (χ1) is 20.1. The third-order valence-electron chi connectivity index (χ3n) is 6.47. The van der Waals surface area contributed by atoms with Crippen LogP contribution in [0.4, 0.5) is 5.69 Å². The molecule has 3 aromatic rings. The normalized spacial score (nSPS) is 11.4. The Labute approximate surface area is 242 Å². The van der Waals surface area contributed by atoms with Gasteiger partial charge in [0.15, 0.2) is 5.76 Å². The number of hydrogen-bond acceptors (Lipinski definition) is 7. The molecule has 0 aliphatic heterocycles. The van der Waals surface area contributed by atoms with Gasteiger partial charge in [0.2, 0.25) is 17.6 Å². The highest BCUT2D eigenvalue weighted by Crippen LogP contribution is 2.26. The molecule has 0 radical (unpaired) electrons. The second-order valence-corrected chi connectivity index (χ2v) is 9.46. The highest BCUT2D eigenvalue weighted by molar-refractivity contribution is 6.36. The summed E-state index contributed by atoms with van der Waals surface area (Å²) >= 11 is 0. The molecule has 1 aromatic carbocycles. The smallest absolute Gasteiger partial charge is 0.287 e. The summed E-state index contributed by atoms with van der Waals surface area (Å²) in [6, 6.07) is 8.66. The first kappa shape index (κ1) is 31.5. The van der Waals surface area contributed by atoms with E-state index in [2.05, 4.69) is 27.8 Å². The lowest BCUT2D eigenvalue weighted by molar-refractivity contribution is -0.138. The van der Waals surface area contributed by atoms with Gasteiger partial charge in [0, 0.05) is 35.8 Å². The molecule has 12 heteroatoms. The lowest BCUT2D eigenvalue weighted by atomic mass is 10.1. The van der Waals surface area contributed by atoms with Crippen molar-refractivity contribution in [1.82, 2.24) is 20.5 Å². The van der Waals surface area contributed by atoms with E-state index < -0.39 is 41.0 Å². The molecule has 0 saturated carbocycles. The number of carbonyl (C=O) groups excluding carboxylic acids is 5. The molecule has 1 unspecified atom stereocenters. The molecule has 0 bridgehead atoms. The van der Waals surface area contributed by atoms with Gasteiger partial charge < -0.3 is 30.3 Å². The van der Waals surface area contributed by atoms with Gasteiger partial charge in [-0.3, -0.25) is 28.8 Å². The predicted molar refractivity (Wildman–Crippen MR) is 157 cm³/mol. The summed E-state index contributed by atoms with van der Waals surface area (Å²) in [6.45, 7) is 8.99. The summed E-state index contributed by atoms with van der Waals surface area (Å²) in [5, 5.41) is 10.8. The third-order valence-corrected chi connectivity index (χ3v) is 6.47. The number of likely N-dealkylation sites (N-methyl/N-ethyl adjacent to an activating group) is 1. The molecular formula is C30H35N5O7. The van der Waals surface area contributed by atoms with E-state index in [1.165, 1.54) is 18.3 Å². The lowest BCUT2D eigenvalue weighted by Crippen LogP contribution is -2.45. The van der Waals surface area contributed by atoms with E-state index in [0.29, 0.717) is 29.7 Å². The fraction of sp³-hybridized carbons (Fsp3) is 0.333. The summed E-state index contributed by atoms with van der Waals surface area (Å²) < 4.78 is 6.89. The largest absolute Gasteiger partial charge is 0.451 e. The van der Waals surface area contributed by atoms with Crippen LogP contribution in [-0.4, -0.2) is 46.6 Å². The number of para-hydroxylation sites is 1. The molecule has 4 amide bonds. The number of allylic oxidation sites excluding steroid dienone is 1. The fourth-order valence-corrected chi connectivity index (χ4v) is 4.23. The van der Waals surface area contributed by atoms with Crippen LogP contribution in [0.2, 0.25) is 0 Å². The lowest BCUT2D eigenvalue weighted by Gasteiger charge is -2.18. The Bertz CT molecular complexity index is 1570. The maximum atomic E-state index is 13.4. The van der Waals surface area contributed by atoms with E-state index in [1.807, 2.05) is 26.0 Å². The summed E-state index contributed by atoms with van der Waals surface area (Å²) in [5.41, 5.74) is 0.849. The summed E-state index contributed by atoms with van der Waals surface area (Å²) in [6.07, 6.45) is 1.84. The van der Waals surface area contributed by atoms with Gasteiger partial charge in [-0.05, 0) is 44.4 Å². The van der Waals surface area contributed by atoms with Gasteiger partial charge in [-0.25, -0.2) is 0 Å².